The van der Waals surface area contributed by atoms with E-state index in [0.29, 0.717) is 0 Å². The van der Waals surface area contributed by atoms with Gasteiger partial charge >= 0.3 is 22.6 Å². The molecule has 0 unspecified atom stereocenters. The minimum Gasteiger partial charge on any atom is -1.00 e. The maximum absolute atomic E-state index is 7.50. The molecule has 0 amide bonds. The van der Waals surface area contributed by atoms with E-state index >= 15 is 0 Å². The molecule has 6 aromatic rings. The molecule has 0 atom stereocenters. The van der Waals surface area contributed by atoms with Gasteiger partial charge < -0.3 is 13.8 Å². The number of rotatable bonds is 6. The van der Waals surface area contributed by atoms with Gasteiger partial charge in [-0.2, -0.15) is 0 Å². The van der Waals surface area contributed by atoms with E-state index in [4.69, 9.17) is 9.30 Å². The van der Waals surface area contributed by atoms with Crippen molar-refractivity contribution in [2.45, 2.75) is 0 Å². The molecule has 44 heavy (non-hydrogen) atoms. The summed E-state index contributed by atoms with van der Waals surface area (Å²) in [4.78, 5) is 0. The van der Waals surface area contributed by atoms with Crippen LogP contribution in [0.15, 0.2) is 182 Å². The van der Waals surface area contributed by atoms with E-state index in [1.807, 2.05) is 0 Å². The predicted octanol–water partition coefficient (Wildman–Crippen LogP) is 3.93. The van der Waals surface area contributed by atoms with Crippen LogP contribution < -0.4 is 44.2 Å². The molecular weight excluding hydrogens is 778 g/mol. The second-order valence-electron chi connectivity index (χ2n) is 8.68. The third-order valence-corrected chi connectivity index (χ3v) is 11.0. The normalized spacial score (nSPS) is 9.23. The first-order valence-corrected chi connectivity index (χ1v) is 15.9. The van der Waals surface area contributed by atoms with E-state index in [9.17, 15) is 0 Å². The van der Waals surface area contributed by atoms with Gasteiger partial charge in [0.1, 0.15) is 0 Å². The third-order valence-electron chi connectivity index (χ3n) is 6.09. The van der Waals surface area contributed by atoms with E-state index in [1.165, 1.54) is 31.8 Å². The molecule has 6 rings (SSSR count). The summed E-state index contributed by atoms with van der Waals surface area (Å²) >= 11 is 0. The van der Waals surface area contributed by atoms with E-state index in [0.717, 1.165) is 0 Å². The summed E-state index contributed by atoms with van der Waals surface area (Å²) in [6.07, 6.45) is 0. The fourth-order valence-corrected chi connectivity index (χ4v) is 8.97. The molecule has 0 saturated carbocycles. The summed E-state index contributed by atoms with van der Waals surface area (Å²) in [5, 5.41) is 8.39. The fourth-order valence-electron chi connectivity index (χ4n) is 4.36. The Labute approximate surface area is 284 Å². The van der Waals surface area contributed by atoms with Gasteiger partial charge in [-0.05, 0) is 47.7 Å². The molecule has 0 bridgehead atoms. The van der Waals surface area contributed by atoms with Crippen molar-refractivity contribution in [3.63, 3.8) is 0 Å². The molecule has 0 saturated heterocycles. The van der Waals surface area contributed by atoms with Crippen LogP contribution in [-0.4, -0.2) is 0 Å². The SMILES string of the molecule is [C-]#[O+].[C-]#[O+].[Cl-].[H-].[Ir].c1ccc(P(c2ccccc2)c2ccccc2)cc1.c1ccc(P(c2ccccc2)c2ccccc2)cc1. The van der Waals surface area contributed by atoms with Crippen LogP contribution in [0.4, 0.5) is 0 Å². The number of benzene rings is 6. The Morgan fingerprint density at radius 1 is 0.295 bits per heavy atom. The molecule has 0 spiro atoms. The van der Waals surface area contributed by atoms with E-state index in [1.54, 1.807) is 0 Å². The second-order valence-corrected chi connectivity index (χ2v) is 13.1. The van der Waals surface area contributed by atoms with Crippen molar-refractivity contribution in [1.29, 1.82) is 0 Å². The zero-order valence-electron chi connectivity index (χ0n) is 24.7. The average molecular weight is 809 g/mol. The molecule has 6 aromatic carbocycles. The first kappa shape index (κ1) is 38.6. The van der Waals surface area contributed by atoms with E-state index in [2.05, 4.69) is 195 Å². The molecule has 0 aliphatic heterocycles. The summed E-state index contributed by atoms with van der Waals surface area (Å²) in [7, 11) is -0.892. The van der Waals surface area contributed by atoms with Crippen LogP contribution in [0.2, 0.25) is 0 Å². The van der Waals surface area contributed by atoms with Crippen molar-refractivity contribution >= 4 is 47.7 Å². The van der Waals surface area contributed by atoms with Crippen molar-refractivity contribution < 1.29 is 43.2 Å². The van der Waals surface area contributed by atoms with Crippen LogP contribution in [0.5, 0.6) is 0 Å². The summed E-state index contributed by atoms with van der Waals surface area (Å²) < 4.78 is 15.0. The molecule has 2 nitrogen and oxygen atoms in total. The minimum atomic E-state index is -0.446. The smallest absolute Gasteiger partial charge is 0 e. The van der Waals surface area contributed by atoms with Gasteiger partial charge in [-0.15, -0.1) is 0 Å². The zero-order chi connectivity index (χ0) is 29.8. The van der Waals surface area contributed by atoms with Crippen LogP contribution in [0.1, 0.15) is 1.43 Å². The Hall–Kier alpha value is -3.40. The Morgan fingerprint density at radius 2 is 0.409 bits per heavy atom. The molecule has 0 N–H and O–H groups in total. The summed E-state index contributed by atoms with van der Waals surface area (Å²) in [5.41, 5.74) is 0. The Kier molecular flexibility index (Phi) is 20.2. The average Bonchev–Trinajstić information content (AvgIpc) is 3.10. The predicted molar refractivity (Wildman–Crippen MR) is 179 cm³/mol. The minimum absolute atomic E-state index is 0. The standard InChI is InChI=1S/2C18H15P.2CO.ClH.Ir.H/c2*1-4-10-16(11-5-1)19(17-12-6-2-7-13-17)18-14-8-3-9-15-18;2*1-2;;;/h2*1-15H;;;1H;;/q;;;;;;-1/p-1. The topological polar surface area (TPSA) is 39.8 Å². The molecule has 0 aliphatic carbocycles. The second kappa shape index (κ2) is 23.0. The van der Waals surface area contributed by atoms with Crippen molar-refractivity contribution in [2.75, 3.05) is 0 Å². The number of hydrogen-bond donors (Lipinski definition) is 0. The Morgan fingerprint density at radius 3 is 0.523 bits per heavy atom. The van der Waals surface area contributed by atoms with Crippen LogP contribution in [0, 0.1) is 13.3 Å². The molecule has 0 fully saturated rings. The molecular formula is C38H31ClIrO2P2-2. The molecule has 6 heteroatoms. The van der Waals surface area contributed by atoms with Gasteiger partial charge in [0.05, 0.1) is 0 Å². The molecule has 0 aliphatic rings. The van der Waals surface area contributed by atoms with Gasteiger partial charge in [-0.3, -0.25) is 0 Å². The maximum atomic E-state index is 7.50. The third kappa shape index (κ3) is 11.6. The van der Waals surface area contributed by atoms with Crippen LogP contribution >= 0.6 is 15.8 Å². The van der Waals surface area contributed by atoms with Crippen LogP contribution in [0.3, 0.4) is 0 Å². The maximum Gasteiger partial charge on any atom is 0 e. The van der Waals surface area contributed by atoms with Crippen LogP contribution in [0.25, 0.3) is 0 Å². The first-order chi connectivity index (χ1) is 20.9. The van der Waals surface area contributed by atoms with E-state index < -0.39 is 15.8 Å². The molecule has 0 aromatic heterocycles. The summed E-state index contributed by atoms with van der Waals surface area (Å²) in [6, 6.07) is 64.7. The van der Waals surface area contributed by atoms with E-state index in [-0.39, 0.29) is 33.9 Å². The fraction of sp³-hybridized carbons (Fsp3) is 0. The Bertz CT molecular complexity index is 1280. The summed E-state index contributed by atoms with van der Waals surface area (Å²) in [5.74, 6) is 0. The van der Waals surface area contributed by atoms with Gasteiger partial charge in [-0.1, -0.05) is 182 Å². The first-order valence-electron chi connectivity index (χ1n) is 13.2. The number of hydrogen-bond acceptors (Lipinski definition) is 0. The van der Waals surface area contributed by atoms with Crippen molar-refractivity contribution in [3.8, 4) is 0 Å². The monoisotopic (exact) mass is 809 g/mol. The largest absolute Gasteiger partial charge is 1.00 e. The Balaban J connectivity index is 0.000000731. The number of halogens is 1. The van der Waals surface area contributed by atoms with Gasteiger partial charge in [0.25, 0.3) is 0 Å². The van der Waals surface area contributed by atoms with Gasteiger partial charge in [-0.25, -0.2) is 0 Å². The molecule has 0 heterocycles. The van der Waals surface area contributed by atoms with Gasteiger partial charge in [0, 0.05) is 20.1 Å². The quantitative estimate of drug-likeness (QED) is 0.139. The molecule has 223 valence electrons. The van der Waals surface area contributed by atoms with Crippen molar-refractivity contribution in [1.82, 2.24) is 0 Å². The van der Waals surface area contributed by atoms with Gasteiger partial charge in [0.15, 0.2) is 0 Å². The van der Waals surface area contributed by atoms with Gasteiger partial charge in [0.2, 0.25) is 0 Å². The van der Waals surface area contributed by atoms with Crippen LogP contribution in [-0.2, 0) is 29.4 Å². The van der Waals surface area contributed by atoms with Crippen molar-refractivity contribution in [3.05, 3.63) is 195 Å². The summed E-state index contributed by atoms with van der Waals surface area (Å²) in [6.45, 7) is 9.00. The zero-order valence-corrected chi connectivity index (χ0v) is 28.7. The molecule has 1 radical (unpaired) electrons. The van der Waals surface area contributed by atoms with Crippen molar-refractivity contribution in [2.24, 2.45) is 0 Å².